The van der Waals surface area contributed by atoms with Crippen molar-refractivity contribution in [3.8, 4) is 0 Å². The summed E-state index contributed by atoms with van der Waals surface area (Å²) in [7, 11) is 0. The maximum Gasteiger partial charge on any atom is 0.145 e. The largest absolute Gasteiger partial charge is 0.298 e. The van der Waals surface area contributed by atoms with E-state index in [4.69, 9.17) is 0 Å². The molecule has 0 aromatic heterocycles. The Bertz CT molecular complexity index is 227. The van der Waals surface area contributed by atoms with Crippen LogP contribution in [0.4, 0.5) is 0 Å². The quantitative estimate of drug-likeness (QED) is 0.471. The fourth-order valence-electron chi connectivity index (χ4n) is 2.64. The molecule has 0 N–H and O–H groups in total. The number of aldehydes is 1. The Morgan fingerprint density at radius 3 is 2.31 bits per heavy atom. The predicted octanol–water partition coefficient (Wildman–Crippen LogP) is 3.06. The molecule has 1 rings (SSSR count). The van der Waals surface area contributed by atoms with Crippen molar-refractivity contribution in [2.75, 3.05) is 0 Å². The van der Waals surface area contributed by atoms with Gasteiger partial charge < -0.3 is 0 Å². The fraction of sp³-hybridized carbons (Fsp3) is 0.750. The van der Waals surface area contributed by atoms with Gasteiger partial charge in [0.1, 0.15) is 6.29 Å². The highest BCUT2D eigenvalue weighted by Gasteiger charge is 2.45. The monoisotopic (exact) mass is 180 g/mol. The van der Waals surface area contributed by atoms with Crippen molar-refractivity contribution in [1.29, 1.82) is 0 Å². The van der Waals surface area contributed by atoms with Crippen molar-refractivity contribution in [2.24, 2.45) is 23.2 Å². The number of hydrogen-bond donors (Lipinski definition) is 0. The maximum absolute atomic E-state index is 10.7. The first-order chi connectivity index (χ1) is 5.91. The lowest BCUT2D eigenvalue weighted by atomic mass is 9.73. The van der Waals surface area contributed by atoms with Gasteiger partial charge in [0.05, 0.1) is 0 Å². The van der Waals surface area contributed by atoms with E-state index in [9.17, 15) is 4.79 Å². The van der Waals surface area contributed by atoms with E-state index in [1.54, 1.807) is 0 Å². The molecule has 0 saturated heterocycles. The van der Waals surface area contributed by atoms with Gasteiger partial charge in [-0.05, 0) is 35.2 Å². The van der Waals surface area contributed by atoms with Crippen molar-refractivity contribution >= 4 is 6.29 Å². The van der Waals surface area contributed by atoms with Crippen LogP contribution in [0.25, 0.3) is 0 Å². The summed E-state index contributed by atoms with van der Waals surface area (Å²) >= 11 is 0. The lowest BCUT2D eigenvalue weighted by Gasteiger charge is -2.31. The minimum Gasteiger partial charge on any atom is -0.298 e. The summed E-state index contributed by atoms with van der Waals surface area (Å²) < 4.78 is 0. The Morgan fingerprint density at radius 1 is 1.46 bits per heavy atom. The van der Waals surface area contributed by atoms with Crippen LogP contribution in [0.15, 0.2) is 12.2 Å². The highest BCUT2D eigenvalue weighted by molar-refractivity contribution is 5.73. The smallest absolute Gasteiger partial charge is 0.145 e. The molecule has 3 atom stereocenters. The molecule has 0 radical (unpaired) electrons. The molecule has 1 fully saturated rings. The Labute approximate surface area is 81.2 Å². The van der Waals surface area contributed by atoms with E-state index in [-0.39, 0.29) is 5.41 Å². The van der Waals surface area contributed by atoms with E-state index < -0.39 is 0 Å². The molecule has 1 aliphatic carbocycles. The van der Waals surface area contributed by atoms with Gasteiger partial charge in [0.15, 0.2) is 0 Å². The first-order valence-corrected chi connectivity index (χ1v) is 5.05. The van der Waals surface area contributed by atoms with Gasteiger partial charge >= 0.3 is 0 Å². The van der Waals surface area contributed by atoms with Gasteiger partial charge in [-0.25, -0.2) is 0 Å². The van der Waals surface area contributed by atoms with Crippen LogP contribution in [0.5, 0.6) is 0 Å². The van der Waals surface area contributed by atoms with E-state index >= 15 is 0 Å². The Hall–Kier alpha value is -0.590. The molecule has 0 spiro atoms. The zero-order valence-electron chi connectivity index (χ0n) is 9.13. The van der Waals surface area contributed by atoms with Crippen LogP contribution in [0.2, 0.25) is 0 Å². The summed E-state index contributed by atoms with van der Waals surface area (Å²) in [4.78, 5) is 10.7. The Balaban J connectivity index is 2.90. The second-order valence-electron chi connectivity index (χ2n) is 5.07. The third-order valence-electron chi connectivity index (χ3n) is 4.13. The fourth-order valence-corrected chi connectivity index (χ4v) is 2.64. The van der Waals surface area contributed by atoms with E-state index in [0.717, 1.165) is 18.3 Å². The van der Waals surface area contributed by atoms with E-state index in [1.165, 1.54) is 0 Å². The van der Waals surface area contributed by atoms with Crippen LogP contribution in [-0.2, 0) is 4.79 Å². The van der Waals surface area contributed by atoms with Crippen LogP contribution in [0.1, 0.15) is 34.1 Å². The van der Waals surface area contributed by atoms with E-state index in [2.05, 4.69) is 34.3 Å². The van der Waals surface area contributed by atoms with Crippen LogP contribution in [0, 0.1) is 23.2 Å². The summed E-state index contributed by atoms with van der Waals surface area (Å²) in [5.74, 6) is 1.76. The molecule has 13 heavy (non-hydrogen) atoms. The minimum atomic E-state index is 0.234. The number of hydrogen-bond acceptors (Lipinski definition) is 1. The summed E-state index contributed by atoms with van der Waals surface area (Å²) in [6.07, 6.45) is 2.04. The minimum absolute atomic E-state index is 0.234. The van der Waals surface area contributed by atoms with Gasteiger partial charge in [-0.15, -0.1) is 0 Å². The topological polar surface area (TPSA) is 17.1 Å². The molecular formula is C12H20O. The van der Waals surface area contributed by atoms with Crippen LogP contribution in [-0.4, -0.2) is 6.29 Å². The third kappa shape index (κ3) is 1.56. The van der Waals surface area contributed by atoms with Gasteiger partial charge in [0.25, 0.3) is 0 Å². The molecule has 0 heterocycles. The van der Waals surface area contributed by atoms with Crippen LogP contribution in [0.3, 0.4) is 0 Å². The van der Waals surface area contributed by atoms with E-state index in [1.807, 2.05) is 0 Å². The molecule has 0 amide bonds. The summed E-state index contributed by atoms with van der Waals surface area (Å²) in [6, 6.07) is 0. The lowest BCUT2D eigenvalue weighted by molar-refractivity contribution is -0.105. The molecule has 0 aromatic rings. The Morgan fingerprint density at radius 2 is 2.00 bits per heavy atom. The second kappa shape index (κ2) is 3.28. The first kappa shape index (κ1) is 10.5. The number of rotatable bonds is 2. The average Bonchev–Trinajstić information content (AvgIpc) is 2.28. The van der Waals surface area contributed by atoms with Gasteiger partial charge in [0.2, 0.25) is 0 Å². The SMILES string of the molecule is C=C(C=O)C1C[C@H](C)C(C)C1(C)C. The predicted molar refractivity (Wildman–Crippen MR) is 55.4 cm³/mol. The van der Waals surface area contributed by atoms with Crippen molar-refractivity contribution in [1.82, 2.24) is 0 Å². The zero-order valence-corrected chi connectivity index (χ0v) is 9.13. The van der Waals surface area contributed by atoms with E-state index in [0.29, 0.717) is 17.8 Å². The molecule has 1 nitrogen and oxygen atoms in total. The number of carbonyl (C=O) groups excluding carboxylic acids is 1. The number of allylic oxidation sites excluding steroid dienone is 1. The molecule has 1 aliphatic rings. The highest BCUT2D eigenvalue weighted by atomic mass is 16.1. The molecule has 0 aromatic carbocycles. The highest BCUT2D eigenvalue weighted by Crippen LogP contribution is 2.52. The first-order valence-electron chi connectivity index (χ1n) is 5.05. The molecule has 1 heteroatoms. The number of carbonyl (C=O) groups is 1. The normalized spacial score (nSPS) is 37.4. The molecule has 1 saturated carbocycles. The van der Waals surface area contributed by atoms with Crippen molar-refractivity contribution in [3.05, 3.63) is 12.2 Å². The third-order valence-corrected chi connectivity index (χ3v) is 4.13. The molecule has 0 bridgehead atoms. The van der Waals surface area contributed by atoms with Crippen LogP contribution >= 0.6 is 0 Å². The summed E-state index contributed by atoms with van der Waals surface area (Å²) in [6.45, 7) is 12.9. The van der Waals surface area contributed by atoms with Crippen molar-refractivity contribution in [2.45, 2.75) is 34.1 Å². The van der Waals surface area contributed by atoms with Crippen molar-refractivity contribution in [3.63, 3.8) is 0 Å². The molecule has 2 unspecified atom stereocenters. The lowest BCUT2D eigenvalue weighted by Crippen LogP contribution is -2.25. The maximum atomic E-state index is 10.7. The molecular weight excluding hydrogens is 160 g/mol. The van der Waals surface area contributed by atoms with Crippen LogP contribution < -0.4 is 0 Å². The second-order valence-corrected chi connectivity index (χ2v) is 5.07. The molecule has 74 valence electrons. The van der Waals surface area contributed by atoms with Gasteiger partial charge in [-0.2, -0.15) is 0 Å². The van der Waals surface area contributed by atoms with Crippen molar-refractivity contribution < 1.29 is 4.79 Å². The van der Waals surface area contributed by atoms with Gasteiger partial charge in [0, 0.05) is 0 Å². The molecule has 0 aliphatic heterocycles. The standard InChI is InChI=1S/C12H20O/c1-8-6-11(9(2)7-13)12(4,5)10(8)3/h7-8,10-11H,2,6H2,1,3-5H3/t8-,10?,11?/m0/s1. The zero-order chi connectivity index (χ0) is 10.2. The Kier molecular flexibility index (Phi) is 2.65. The average molecular weight is 180 g/mol. The van der Waals surface area contributed by atoms with Gasteiger partial charge in [-0.3, -0.25) is 4.79 Å². The van der Waals surface area contributed by atoms with Gasteiger partial charge in [-0.1, -0.05) is 34.3 Å². The summed E-state index contributed by atoms with van der Waals surface area (Å²) in [5.41, 5.74) is 1.01. The summed E-state index contributed by atoms with van der Waals surface area (Å²) in [5, 5.41) is 0.